The van der Waals surface area contributed by atoms with Crippen molar-refractivity contribution in [3.63, 3.8) is 0 Å². The molecule has 1 atom stereocenters. The van der Waals surface area contributed by atoms with Gasteiger partial charge in [-0.2, -0.15) is 0 Å². The fourth-order valence-electron chi connectivity index (χ4n) is 3.60. The van der Waals surface area contributed by atoms with Gasteiger partial charge in [-0.3, -0.25) is 14.6 Å². The van der Waals surface area contributed by atoms with E-state index in [1.54, 1.807) is 36.2 Å². The number of pyridine rings is 2. The van der Waals surface area contributed by atoms with Gasteiger partial charge in [0.1, 0.15) is 6.10 Å². The summed E-state index contributed by atoms with van der Waals surface area (Å²) in [6.07, 6.45) is 1.56. The highest BCUT2D eigenvalue weighted by molar-refractivity contribution is 6.06. The first kappa shape index (κ1) is 20.0. The van der Waals surface area contributed by atoms with E-state index in [0.717, 1.165) is 16.6 Å². The van der Waals surface area contributed by atoms with Crippen LogP contribution in [0.25, 0.3) is 10.9 Å². The monoisotopic (exact) mass is 404 g/mol. The van der Waals surface area contributed by atoms with Gasteiger partial charge in [0.05, 0.1) is 36.3 Å². The lowest BCUT2D eigenvalue weighted by Crippen LogP contribution is -2.43. The molecule has 3 heterocycles. The summed E-state index contributed by atoms with van der Waals surface area (Å²) in [7, 11) is 3.46. The fraction of sp³-hybridized carbons (Fsp3) is 0.304. The van der Waals surface area contributed by atoms with Crippen LogP contribution >= 0.6 is 0 Å². The highest BCUT2D eigenvalue weighted by Crippen LogP contribution is 2.27. The maximum absolute atomic E-state index is 12.8. The van der Waals surface area contributed by atoms with Gasteiger partial charge in [0.2, 0.25) is 5.91 Å². The van der Waals surface area contributed by atoms with Crippen LogP contribution in [-0.4, -0.2) is 65.4 Å². The molecule has 1 fully saturated rings. The van der Waals surface area contributed by atoms with Crippen LogP contribution in [0.2, 0.25) is 0 Å². The first-order valence-corrected chi connectivity index (χ1v) is 9.93. The second-order valence-corrected chi connectivity index (χ2v) is 7.51. The minimum absolute atomic E-state index is 0.00683. The maximum atomic E-state index is 12.8. The molecule has 30 heavy (non-hydrogen) atoms. The van der Waals surface area contributed by atoms with Gasteiger partial charge in [0.25, 0.3) is 5.91 Å². The molecule has 7 heteroatoms. The van der Waals surface area contributed by atoms with Crippen molar-refractivity contribution < 1.29 is 14.3 Å². The van der Waals surface area contributed by atoms with Crippen molar-refractivity contribution in [2.24, 2.45) is 0 Å². The number of benzene rings is 1. The Hall–Kier alpha value is -3.32. The number of nitrogens with zero attached hydrogens (tertiary/aromatic N) is 4. The average molecular weight is 404 g/mol. The first-order chi connectivity index (χ1) is 14.5. The lowest BCUT2D eigenvalue weighted by molar-refractivity contribution is -0.138. The standard InChI is InChI=1S/C23H24N4O3/c1-26(2)23(29)18-14-20(25-19-9-4-3-8-17(18)19)21-15-27(11-12-30-21)22(28)13-16-7-5-6-10-24-16/h3-10,14,21H,11-13,15H2,1-2H3. The van der Waals surface area contributed by atoms with E-state index in [1.165, 1.54) is 0 Å². The average Bonchev–Trinajstić information content (AvgIpc) is 2.78. The predicted octanol–water partition coefficient (Wildman–Crippen LogP) is 2.47. The zero-order chi connectivity index (χ0) is 21.1. The molecular formula is C23H24N4O3. The normalized spacial score (nSPS) is 16.5. The second kappa shape index (κ2) is 8.59. The Morgan fingerprint density at radius 1 is 1.17 bits per heavy atom. The topological polar surface area (TPSA) is 75.6 Å². The van der Waals surface area contributed by atoms with Crippen molar-refractivity contribution in [3.8, 4) is 0 Å². The molecule has 0 radical (unpaired) electrons. The summed E-state index contributed by atoms with van der Waals surface area (Å²) in [5.41, 5.74) is 2.73. The summed E-state index contributed by atoms with van der Waals surface area (Å²) in [6.45, 7) is 1.34. The molecule has 0 saturated carbocycles. The number of amides is 2. The van der Waals surface area contributed by atoms with E-state index >= 15 is 0 Å². The first-order valence-electron chi connectivity index (χ1n) is 9.93. The Morgan fingerprint density at radius 3 is 2.73 bits per heavy atom. The molecule has 3 aromatic rings. The third-order valence-corrected chi connectivity index (χ3v) is 5.18. The van der Waals surface area contributed by atoms with Crippen LogP contribution in [-0.2, 0) is 16.0 Å². The molecule has 7 nitrogen and oxygen atoms in total. The number of morpholine rings is 1. The van der Waals surface area contributed by atoms with Crippen LogP contribution in [0, 0.1) is 0 Å². The Bertz CT molecular complexity index is 1070. The molecule has 2 amide bonds. The van der Waals surface area contributed by atoms with Crippen molar-refractivity contribution in [2.45, 2.75) is 12.5 Å². The summed E-state index contributed by atoms with van der Waals surface area (Å²) < 4.78 is 5.94. The van der Waals surface area contributed by atoms with E-state index < -0.39 is 0 Å². The minimum atomic E-state index is -0.384. The maximum Gasteiger partial charge on any atom is 0.254 e. The van der Waals surface area contributed by atoms with Crippen molar-refractivity contribution in [3.05, 3.63) is 71.7 Å². The largest absolute Gasteiger partial charge is 0.368 e. The van der Waals surface area contributed by atoms with Crippen LogP contribution in [0.5, 0.6) is 0 Å². The van der Waals surface area contributed by atoms with Crippen molar-refractivity contribution in [2.75, 3.05) is 33.8 Å². The molecule has 0 bridgehead atoms. The Kier molecular flexibility index (Phi) is 5.72. The van der Waals surface area contributed by atoms with Gasteiger partial charge in [-0.05, 0) is 24.3 Å². The third kappa shape index (κ3) is 4.16. The van der Waals surface area contributed by atoms with Gasteiger partial charge in [-0.1, -0.05) is 24.3 Å². The molecule has 1 saturated heterocycles. The number of hydrogen-bond acceptors (Lipinski definition) is 5. The van der Waals surface area contributed by atoms with Crippen molar-refractivity contribution >= 4 is 22.7 Å². The number of ether oxygens (including phenoxy) is 1. The lowest BCUT2D eigenvalue weighted by atomic mass is 10.0. The highest BCUT2D eigenvalue weighted by Gasteiger charge is 2.28. The van der Waals surface area contributed by atoms with Crippen LogP contribution in [0.4, 0.5) is 0 Å². The predicted molar refractivity (Wildman–Crippen MR) is 113 cm³/mol. The molecule has 4 rings (SSSR count). The molecule has 1 aliphatic rings. The summed E-state index contributed by atoms with van der Waals surface area (Å²) >= 11 is 0. The zero-order valence-corrected chi connectivity index (χ0v) is 17.1. The quantitative estimate of drug-likeness (QED) is 0.668. The zero-order valence-electron chi connectivity index (χ0n) is 17.1. The summed E-state index contributed by atoms with van der Waals surface area (Å²) in [5, 5.41) is 0.804. The Balaban J connectivity index is 1.60. The van der Waals surface area contributed by atoms with Crippen molar-refractivity contribution in [1.82, 2.24) is 19.8 Å². The molecule has 1 aromatic carbocycles. The smallest absolute Gasteiger partial charge is 0.254 e. The van der Waals surface area contributed by atoms with E-state index in [4.69, 9.17) is 9.72 Å². The molecule has 0 N–H and O–H groups in total. The second-order valence-electron chi connectivity index (χ2n) is 7.51. The highest BCUT2D eigenvalue weighted by atomic mass is 16.5. The molecule has 1 aliphatic heterocycles. The fourth-order valence-corrected chi connectivity index (χ4v) is 3.60. The number of aromatic nitrogens is 2. The Labute approximate surface area is 175 Å². The molecule has 0 spiro atoms. The van der Waals surface area contributed by atoms with Crippen molar-refractivity contribution in [1.29, 1.82) is 0 Å². The van der Waals surface area contributed by atoms with Gasteiger partial charge in [-0.25, -0.2) is 4.98 Å². The van der Waals surface area contributed by atoms with E-state index in [1.807, 2.05) is 42.5 Å². The van der Waals surface area contributed by atoms with Gasteiger partial charge in [-0.15, -0.1) is 0 Å². The van der Waals surface area contributed by atoms with E-state index in [-0.39, 0.29) is 24.3 Å². The van der Waals surface area contributed by atoms with Gasteiger partial charge < -0.3 is 14.5 Å². The molecular weight excluding hydrogens is 380 g/mol. The third-order valence-electron chi connectivity index (χ3n) is 5.18. The van der Waals surface area contributed by atoms with Gasteiger partial charge >= 0.3 is 0 Å². The molecule has 2 aromatic heterocycles. The number of hydrogen-bond donors (Lipinski definition) is 0. The number of carbonyl (C=O) groups is 2. The van der Waals surface area contributed by atoms with Gasteiger partial charge in [0.15, 0.2) is 0 Å². The molecule has 0 aliphatic carbocycles. The van der Waals surface area contributed by atoms with Crippen LogP contribution in [0.3, 0.4) is 0 Å². The molecule has 154 valence electrons. The van der Waals surface area contributed by atoms with E-state index in [0.29, 0.717) is 31.0 Å². The number of rotatable bonds is 4. The van der Waals surface area contributed by atoms with Crippen LogP contribution < -0.4 is 0 Å². The summed E-state index contributed by atoms with van der Waals surface area (Å²) in [4.78, 5) is 37.8. The SMILES string of the molecule is CN(C)C(=O)c1cc(C2CN(C(=O)Cc3ccccn3)CCO2)nc2ccccc12. The van der Waals surface area contributed by atoms with Crippen LogP contribution in [0.1, 0.15) is 27.8 Å². The van der Waals surface area contributed by atoms with E-state index in [2.05, 4.69) is 4.98 Å². The number of carbonyl (C=O) groups excluding carboxylic acids is 2. The molecule has 1 unspecified atom stereocenters. The minimum Gasteiger partial charge on any atom is -0.368 e. The summed E-state index contributed by atoms with van der Waals surface area (Å²) in [6, 6.07) is 14.9. The summed E-state index contributed by atoms with van der Waals surface area (Å²) in [5.74, 6) is -0.0823. The van der Waals surface area contributed by atoms with Gasteiger partial charge in [0, 0.05) is 37.9 Å². The Morgan fingerprint density at radius 2 is 1.97 bits per heavy atom. The van der Waals surface area contributed by atoms with Crippen LogP contribution in [0.15, 0.2) is 54.7 Å². The number of fused-ring (bicyclic) bond motifs is 1. The number of para-hydroxylation sites is 1. The lowest BCUT2D eigenvalue weighted by Gasteiger charge is -2.33. The van der Waals surface area contributed by atoms with E-state index in [9.17, 15) is 9.59 Å².